The molecule has 2 aromatic heterocycles. The van der Waals surface area contributed by atoms with Crippen molar-refractivity contribution in [2.24, 2.45) is 0 Å². The number of aromatic nitrogens is 1. The molecular weight excluding hydrogens is 478 g/mol. The van der Waals surface area contributed by atoms with Gasteiger partial charge in [-0.2, -0.15) is 0 Å². The molecule has 0 atom stereocenters. The number of phenols is 1. The van der Waals surface area contributed by atoms with E-state index in [4.69, 9.17) is 14.3 Å². The lowest BCUT2D eigenvalue weighted by atomic mass is 10.0. The van der Waals surface area contributed by atoms with Crippen LogP contribution in [0.1, 0.15) is 20.7 Å². The van der Waals surface area contributed by atoms with Crippen molar-refractivity contribution in [3.05, 3.63) is 72.1 Å². The van der Waals surface area contributed by atoms with Crippen LogP contribution in [-0.2, 0) is 4.79 Å². The zero-order chi connectivity index (χ0) is 25.9. The minimum absolute atomic E-state index is 0.0732. The molecular formula is C27H25N3O7. The first kappa shape index (κ1) is 24.1. The van der Waals surface area contributed by atoms with Crippen LogP contribution in [0.15, 0.2) is 65.4 Å². The number of benzene rings is 2. The molecule has 0 unspecified atom stereocenters. The number of carbonyl (C=O) groups is 3. The van der Waals surface area contributed by atoms with Crippen LogP contribution in [0, 0.1) is 0 Å². The quantitative estimate of drug-likeness (QED) is 0.261. The van der Waals surface area contributed by atoms with Gasteiger partial charge in [-0.05, 0) is 42.5 Å². The Bertz CT molecular complexity index is 1450. The number of rotatable bonds is 7. The minimum atomic E-state index is -0.744. The molecule has 2 amide bonds. The van der Waals surface area contributed by atoms with Gasteiger partial charge in [-0.1, -0.05) is 6.07 Å². The van der Waals surface area contributed by atoms with Crippen LogP contribution < -0.4 is 4.74 Å². The van der Waals surface area contributed by atoms with Crippen LogP contribution in [0.3, 0.4) is 0 Å². The summed E-state index contributed by atoms with van der Waals surface area (Å²) in [5, 5.41) is 19.7. The van der Waals surface area contributed by atoms with Gasteiger partial charge in [-0.25, -0.2) is 0 Å². The highest BCUT2D eigenvalue weighted by Gasteiger charge is 2.31. The Labute approximate surface area is 211 Å². The number of nitrogens with one attached hydrogen (secondary N) is 1. The van der Waals surface area contributed by atoms with E-state index in [1.54, 1.807) is 47.4 Å². The Hall–Kier alpha value is -4.57. The molecule has 3 N–H and O–H groups in total. The highest BCUT2D eigenvalue weighted by molar-refractivity contribution is 6.45. The fourth-order valence-electron chi connectivity index (χ4n) is 4.48. The average molecular weight is 504 g/mol. The van der Waals surface area contributed by atoms with Gasteiger partial charge in [0.05, 0.1) is 29.3 Å². The van der Waals surface area contributed by atoms with Crippen LogP contribution in [0.25, 0.3) is 22.2 Å². The van der Waals surface area contributed by atoms with Gasteiger partial charge in [0, 0.05) is 43.5 Å². The molecule has 0 aliphatic carbocycles. The summed E-state index contributed by atoms with van der Waals surface area (Å²) in [6, 6.07) is 13.3. The monoisotopic (exact) mass is 503 g/mol. The van der Waals surface area contributed by atoms with E-state index in [-0.39, 0.29) is 62.0 Å². The van der Waals surface area contributed by atoms with Crippen molar-refractivity contribution in [2.45, 2.75) is 0 Å². The molecule has 190 valence electrons. The summed E-state index contributed by atoms with van der Waals surface area (Å²) in [5.74, 6) is -0.731. The number of furan rings is 1. The normalized spacial score (nSPS) is 13.6. The first-order chi connectivity index (χ1) is 18.0. The maximum Gasteiger partial charge on any atom is 0.295 e. The fourth-order valence-corrected chi connectivity index (χ4v) is 4.48. The molecule has 1 fully saturated rings. The van der Waals surface area contributed by atoms with Crippen LogP contribution in [0.5, 0.6) is 11.5 Å². The number of phenolic OH excluding ortho intramolecular Hbond substituents is 1. The van der Waals surface area contributed by atoms with E-state index in [0.29, 0.717) is 28.2 Å². The van der Waals surface area contributed by atoms with Gasteiger partial charge < -0.3 is 34.2 Å². The smallest absolute Gasteiger partial charge is 0.295 e. The third kappa shape index (κ3) is 4.66. The number of aliphatic hydroxyl groups excluding tert-OH is 1. The highest BCUT2D eigenvalue weighted by atomic mass is 16.5. The first-order valence-electron chi connectivity index (χ1n) is 11.8. The van der Waals surface area contributed by atoms with Crippen LogP contribution in [0.2, 0.25) is 0 Å². The Balaban J connectivity index is 1.28. The predicted molar refractivity (Wildman–Crippen MR) is 134 cm³/mol. The third-order valence-electron chi connectivity index (χ3n) is 6.33. The number of H-pyrrole nitrogens is 1. The van der Waals surface area contributed by atoms with E-state index >= 15 is 0 Å². The second kappa shape index (κ2) is 10.2. The molecule has 2 aromatic carbocycles. The zero-order valence-corrected chi connectivity index (χ0v) is 19.8. The molecule has 0 spiro atoms. The predicted octanol–water partition coefficient (Wildman–Crippen LogP) is 2.67. The number of Topliss-reactive ketones (excluding diaryl/α,β-unsaturated/α-hetero) is 1. The molecule has 1 aliphatic rings. The lowest BCUT2D eigenvalue weighted by Crippen LogP contribution is -2.52. The summed E-state index contributed by atoms with van der Waals surface area (Å²) in [7, 11) is 0. The topological polar surface area (TPSA) is 136 Å². The van der Waals surface area contributed by atoms with Crippen molar-refractivity contribution in [1.29, 1.82) is 0 Å². The highest BCUT2D eigenvalue weighted by Crippen LogP contribution is 2.36. The summed E-state index contributed by atoms with van der Waals surface area (Å²) in [5.41, 5.74) is 1.66. The number of aliphatic hydroxyl groups is 1. The Morgan fingerprint density at radius 3 is 2.51 bits per heavy atom. The number of ether oxygens (including phenoxy) is 1. The van der Waals surface area contributed by atoms with Gasteiger partial charge >= 0.3 is 0 Å². The van der Waals surface area contributed by atoms with E-state index in [1.165, 1.54) is 23.4 Å². The summed E-state index contributed by atoms with van der Waals surface area (Å²) in [6.45, 7) is 0.926. The second-order valence-corrected chi connectivity index (χ2v) is 8.58. The summed E-state index contributed by atoms with van der Waals surface area (Å²) < 4.78 is 10.8. The molecule has 0 saturated carbocycles. The molecule has 5 rings (SSSR count). The lowest BCUT2D eigenvalue weighted by Gasteiger charge is -2.34. The number of aromatic amines is 1. The Kier molecular flexibility index (Phi) is 6.65. The van der Waals surface area contributed by atoms with E-state index in [9.17, 15) is 19.5 Å². The molecule has 0 radical (unpaired) electrons. The molecule has 0 bridgehead atoms. The van der Waals surface area contributed by atoms with E-state index < -0.39 is 11.7 Å². The number of piperazine rings is 1. The van der Waals surface area contributed by atoms with Gasteiger partial charge in [0.15, 0.2) is 0 Å². The van der Waals surface area contributed by atoms with E-state index in [0.717, 1.165) is 0 Å². The number of aromatic hydroxyl groups is 1. The summed E-state index contributed by atoms with van der Waals surface area (Å²) >= 11 is 0. The van der Waals surface area contributed by atoms with Gasteiger partial charge in [0.2, 0.25) is 0 Å². The lowest BCUT2D eigenvalue weighted by molar-refractivity contribution is -0.127. The van der Waals surface area contributed by atoms with Crippen molar-refractivity contribution in [2.75, 3.05) is 39.4 Å². The number of hydrogen-bond acceptors (Lipinski definition) is 7. The van der Waals surface area contributed by atoms with Gasteiger partial charge in [0.1, 0.15) is 23.9 Å². The molecule has 37 heavy (non-hydrogen) atoms. The number of ketones is 1. The van der Waals surface area contributed by atoms with Gasteiger partial charge in [-0.15, -0.1) is 0 Å². The number of fused-ring (bicyclic) bond motifs is 1. The van der Waals surface area contributed by atoms with Crippen LogP contribution in [-0.4, -0.2) is 82.0 Å². The molecule has 1 aliphatic heterocycles. The van der Waals surface area contributed by atoms with Crippen LogP contribution >= 0.6 is 0 Å². The second-order valence-electron chi connectivity index (χ2n) is 8.58. The number of nitrogens with zero attached hydrogens (tertiary/aromatic N) is 2. The number of amides is 2. The third-order valence-corrected chi connectivity index (χ3v) is 6.33. The van der Waals surface area contributed by atoms with Crippen molar-refractivity contribution in [1.82, 2.24) is 14.8 Å². The van der Waals surface area contributed by atoms with Crippen molar-refractivity contribution in [3.8, 4) is 22.8 Å². The fraction of sp³-hybridized carbons (Fsp3) is 0.222. The largest absolute Gasteiger partial charge is 0.507 e. The Morgan fingerprint density at radius 2 is 1.78 bits per heavy atom. The summed E-state index contributed by atoms with van der Waals surface area (Å²) in [6.07, 6.45) is 2.95. The van der Waals surface area contributed by atoms with Crippen molar-refractivity contribution < 1.29 is 33.8 Å². The molecule has 3 heterocycles. The zero-order valence-electron chi connectivity index (χ0n) is 19.8. The molecule has 10 nitrogen and oxygen atoms in total. The maximum atomic E-state index is 13.2. The van der Waals surface area contributed by atoms with E-state index in [1.807, 2.05) is 0 Å². The minimum Gasteiger partial charge on any atom is -0.507 e. The molecule has 1 saturated heterocycles. The van der Waals surface area contributed by atoms with Crippen molar-refractivity contribution in [3.63, 3.8) is 0 Å². The van der Waals surface area contributed by atoms with Gasteiger partial charge in [-0.3, -0.25) is 14.4 Å². The molecule has 10 heteroatoms. The summed E-state index contributed by atoms with van der Waals surface area (Å²) in [4.78, 5) is 45.2. The average Bonchev–Trinajstić information content (AvgIpc) is 3.63. The van der Waals surface area contributed by atoms with Crippen LogP contribution in [0.4, 0.5) is 0 Å². The Morgan fingerprint density at radius 1 is 1.00 bits per heavy atom. The van der Waals surface area contributed by atoms with Gasteiger partial charge in [0.25, 0.3) is 17.6 Å². The number of carbonyl (C=O) groups excluding carboxylic acids is 3. The SMILES string of the molecule is O=C(C(=O)N1CCN(C(=O)c2cccc(OCCO)c2)CC1)c1c[nH]c2c(-c3ccco3)ccc(O)c12. The number of hydrogen-bond donors (Lipinski definition) is 3. The first-order valence-corrected chi connectivity index (χ1v) is 11.8. The van der Waals surface area contributed by atoms with E-state index in [2.05, 4.69) is 4.98 Å². The molecule has 4 aromatic rings. The van der Waals surface area contributed by atoms with Crippen molar-refractivity contribution >= 4 is 28.5 Å². The maximum absolute atomic E-state index is 13.2. The standard InChI is InChI=1S/C27H25N3O7/c31-12-14-36-18-4-1-3-17(15-18)26(34)29-8-10-30(11-9-29)27(35)25(33)20-16-28-24-19(22-5-2-13-37-22)6-7-21(32)23(20)24/h1-7,13,15-16,28,31-32H,8-12,14H2.